The number of carbonyl (C=O) groups excluding carboxylic acids is 1. The molecule has 1 aliphatic rings. The Morgan fingerprint density at radius 1 is 1.14 bits per heavy atom. The molecule has 2 rings (SSSR count). The third-order valence-corrected chi connectivity index (χ3v) is 4.60. The zero-order valence-electron chi connectivity index (χ0n) is 13.7. The predicted molar refractivity (Wildman–Crippen MR) is 84.7 cm³/mol. The topological polar surface area (TPSA) is 63.7 Å². The number of ether oxygens (including phenoxy) is 1. The molecule has 0 aliphatic carbocycles. The Balaban J connectivity index is 2.32. The van der Waals surface area contributed by atoms with Gasteiger partial charge in [0, 0.05) is 24.9 Å². The SMILES string of the molecule is CC1(C)CN(C(=O)c2cccc(S(C)(=O)=O)c2)CC(C)(C)O1. The highest BCUT2D eigenvalue weighted by molar-refractivity contribution is 7.90. The Kier molecular flexibility index (Phi) is 4.13. The van der Waals surface area contributed by atoms with E-state index in [2.05, 4.69) is 0 Å². The minimum atomic E-state index is -3.33. The number of sulfone groups is 1. The van der Waals surface area contributed by atoms with Gasteiger partial charge in [0.15, 0.2) is 9.84 Å². The van der Waals surface area contributed by atoms with Crippen molar-refractivity contribution in [1.82, 2.24) is 4.90 Å². The summed E-state index contributed by atoms with van der Waals surface area (Å²) in [5.41, 5.74) is -0.492. The highest BCUT2D eigenvalue weighted by Crippen LogP contribution is 2.29. The lowest BCUT2D eigenvalue weighted by Gasteiger charge is -2.47. The van der Waals surface area contributed by atoms with Crippen molar-refractivity contribution in [2.75, 3.05) is 19.3 Å². The maximum absolute atomic E-state index is 12.7. The fraction of sp³-hybridized carbons (Fsp3) is 0.562. The van der Waals surface area contributed by atoms with E-state index in [0.29, 0.717) is 18.7 Å². The first-order valence-corrected chi connectivity index (χ1v) is 9.08. The minimum absolute atomic E-state index is 0.158. The maximum Gasteiger partial charge on any atom is 0.254 e. The average molecular weight is 325 g/mol. The minimum Gasteiger partial charge on any atom is -0.366 e. The van der Waals surface area contributed by atoms with Crippen LogP contribution >= 0.6 is 0 Å². The second kappa shape index (κ2) is 5.35. The molecule has 1 aromatic rings. The molecule has 1 fully saturated rings. The van der Waals surface area contributed by atoms with Crippen molar-refractivity contribution in [3.63, 3.8) is 0 Å². The Bertz CT molecular complexity index is 676. The first-order valence-electron chi connectivity index (χ1n) is 7.19. The van der Waals surface area contributed by atoms with Crippen molar-refractivity contribution < 1.29 is 17.9 Å². The molecule has 122 valence electrons. The van der Waals surface area contributed by atoms with Gasteiger partial charge in [0.2, 0.25) is 0 Å². The number of nitrogens with zero attached hydrogens (tertiary/aromatic N) is 1. The van der Waals surface area contributed by atoms with Gasteiger partial charge < -0.3 is 9.64 Å². The van der Waals surface area contributed by atoms with Crippen LogP contribution in [0.5, 0.6) is 0 Å². The van der Waals surface area contributed by atoms with Gasteiger partial charge in [-0.3, -0.25) is 4.79 Å². The molecule has 6 heteroatoms. The number of morpholine rings is 1. The van der Waals surface area contributed by atoms with E-state index in [1.165, 1.54) is 12.1 Å². The zero-order valence-corrected chi connectivity index (χ0v) is 14.5. The second-order valence-corrected chi connectivity index (χ2v) is 9.10. The quantitative estimate of drug-likeness (QED) is 0.835. The van der Waals surface area contributed by atoms with E-state index in [1.54, 1.807) is 17.0 Å². The molecule has 5 nitrogen and oxygen atoms in total. The molecular formula is C16H23NO4S. The Hall–Kier alpha value is -1.40. The molecule has 0 radical (unpaired) electrons. The van der Waals surface area contributed by atoms with E-state index < -0.39 is 21.0 Å². The van der Waals surface area contributed by atoms with Crippen LogP contribution in [0.15, 0.2) is 29.2 Å². The molecule has 0 bridgehead atoms. The van der Waals surface area contributed by atoms with Crippen LogP contribution in [0.3, 0.4) is 0 Å². The first kappa shape index (κ1) is 17.0. The molecule has 0 N–H and O–H groups in total. The van der Waals surface area contributed by atoms with Crippen molar-refractivity contribution >= 4 is 15.7 Å². The standard InChI is InChI=1S/C16H23NO4S/c1-15(2)10-17(11-16(3,4)21-15)14(18)12-7-6-8-13(9-12)22(5,19)20/h6-9H,10-11H2,1-5H3. The molecule has 0 aromatic heterocycles. The van der Waals surface area contributed by atoms with Gasteiger partial charge in [-0.05, 0) is 45.9 Å². The summed E-state index contributed by atoms with van der Waals surface area (Å²) in [4.78, 5) is 14.6. The van der Waals surface area contributed by atoms with Crippen LogP contribution < -0.4 is 0 Å². The predicted octanol–water partition coefficient (Wildman–Crippen LogP) is 2.12. The summed E-state index contributed by atoms with van der Waals surface area (Å²) >= 11 is 0. The molecule has 0 unspecified atom stereocenters. The van der Waals surface area contributed by atoms with E-state index in [1.807, 2.05) is 27.7 Å². The molecule has 1 aromatic carbocycles. The van der Waals surface area contributed by atoms with Crippen LogP contribution in [0.25, 0.3) is 0 Å². The number of benzene rings is 1. The molecule has 1 heterocycles. The van der Waals surface area contributed by atoms with Crippen LogP contribution in [0.1, 0.15) is 38.1 Å². The lowest BCUT2D eigenvalue weighted by molar-refractivity contribution is -0.171. The number of hydrogen-bond donors (Lipinski definition) is 0. The smallest absolute Gasteiger partial charge is 0.254 e. The fourth-order valence-corrected chi connectivity index (χ4v) is 3.64. The summed E-state index contributed by atoms with van der Waals surface area (Å²) in [6.45, 7) is 8.72. The van der Waals surface area contributed by atoms with E-state index in [9.17, 15) is 13.2 Å². The summed E-state index contributed by atoms with van der Waals surface area (Å²) in [5.74, 6) is -0.171. The summed E-state index contributed by atoms with van der Waals surface area (Å²) in [5, 5.41) is 0. The van der Waals surface area contributed by atoms with Gasteiger partial charge in [0.25, 0.3) is 5.91 Å². The summed E-state index contributed by atoms with van der Waals surface area (Å²) in [6.07, 6.45) is 1.14. The van der Waals surface area contributed by atoms with Gasteiger partial charge in [-0.1, -0.05) is 6.07 Å². The Morgan fingerprint density at radius 2 is 1.68 bits per heavy atom. The number of amides is 1. The fourth-order valence-electron chi connectivity index (χ4n) is 2.97. The van der Waals surface area contributed by atoms with E-state index in [-0.39, 0.29) is 10.8 Å². The van der Waals surface area contributed by atoms with Gasteiger partial charge in [-0.2, -0.15) is 0 Å². The van der Waals surface area contributed by atoms with Crippen LogP contribution in [0, 0.1) is 0 Å². The van der Waals surface area contributed by atoms with Crippen molar-refractivity contribution in [2.24, 2.45) is 0 Å². The van der Waals surface area contributed by atoms with Gasteiger partial charge in [0.05, 0.1) is 16.1 Å². The van der Waals surface area contributed by atoms with Crippen LogP contribution in [0.4, 0.5) is 0 Å². The molecule has 1 amide bonds. The zero-order chi connectivity index (χ0) is 16.8. The van der Waals surface area contributed by atoms with Crippen molar-refractivity contribution in [2.45, 2.75) is 43.8 Å². The molecule has 0 atom stereocenters. The summed E-state index contributed by atoms with van der Waals surface area (Å²) in [6, 6.07) is 6.18. The highest BCUT2D eigenvalue weighted by Gasteiger charge is 2.40. The third-order valence-electron chi connectivity index (χ3n) is 3.49. The van der Waals surface area contributed by atoms with Gasteiger partial charge in [-0.15, -0.1) is 0 Å². The van der Waals surface area contributed by atoms with Gasteiger partial charge in [-0.25, -0.2) is 8.42 Å². The van der Waals surface area contributed by atoms with E-state index >= 15 is 0 Å². The second-order valence-electron chi connectivity index (χ2n) is 7.08. The number of carbonyl (C=O) groups is 1. The maximum atomic E-state index is 12.7. The van der Waals surface area contributed by atoms with Crippen molar-refractivity contribution in [3.8, 4) is 0 Å². The Morgan fingerprint density at radius 3 is 2.18 bits per heavy atom. The molecule has 1 aliphatic heterocycles. The third kappa shape index (κ3) is 3.87. The van der Waals surface area contributed by atoms with Crippen molar-refractivity contribution in [3.05, 3.63) is 29.8 Å². The van der Waals surface area contributed by atoms with Gasteiger partial charge >= 0.3 is 0 Å². The summed E-state index contributed by atoms with van der Waals surface area (Å²) in [7, 11) is -3.33. The van der Waals surface area contributed by atoms with E-state index in [4.69, 9.17) is 4.74 Å². The van der Waals surface area contributed by atoms with Crippen molar-refractivity contribution in [1.29, 1.82) is 0 Å². The summed E-state index contributed by atoms with van der Waals surface area (Å²) < 4.78 is 29.3. The number of hydrogen-bond acceptors (Lipinski definition) is 4. The van der Waals surface area contributed by atoms with E-state index in [0.717, 1.165) is 6.26 Å². The first-order chi connectivity index (χ1) is 9.90. The van der Waals surface area contributed by atoms with Crippen LogP contribution in [0.2, 0.25) is 0 Å². The molecule has 0 saturated carbocycles. The monoisotopic (exact) mass is 325 g/mol. The molecule has 22 heavy (non-hydrogen) atoms. The average Bonchev–Trinajstić information content (AvgIpc) is 2.33. The largest absolute Gasteiger partial charge is 0.366 e. The molecular weight excluding hydrogens is 302 g/mol. The lowest BCUT2D eigenvalue weighted by Crippen LogP contribution is -2.58. The van der Waals surface area contributed by atoms with Crippen LogP contribution in [-0.2, 0) is 14.6 Å². The van der Waals surface area contributed by atoms with Crippen LogP contribution in [-0.4, -0.2) is 49.8 Å². The highest BCUT2D eigenvalue weighted by atomic mass is 32.2. The Labute approximate surface area is 132 Å². The molecule has 0 spiro atoms. The van der Waals surface area contributed by atoms with Gasteiger partial charge in [0.1, 0.15) is 0 Å². The normalized spacial score (nSPS) is 20.7. The number of rotatable bonds is 2. The molecule has 1 saturated heterocycles. The lowest BCUT2D eigenvalue weighted by atomic mass is 9.98.